The van der Waals surface area contributed by atoms with Gasteiger partial charge in [0.05, 0.1) is 0 Å². The number of rotatable bonds is 4. The van der Waals surface area contributed by atoms with E-state index in [1.54, 1.807) is 0 Å². The van der Waals surface area contributed by atoms with E-state index in [1.165, 1.54) is 5.19 Å². The molecular weight excluding hydrogens is 190 g/mol. The molecule has 0 saturated heterocycles. The molecule has 3 heteroatoms. The van der Waals surface area contributed by atoms with Crippen LogP contribution in [0.15, 0.2) is 24.3 Å². The summed E-state index contributed by atoms with van der Waals surface area (Å²) in [6, 6.07) is 8.04. The maximum atomic E-state index is 5.90. The van der Waals surface area contributed by atoms with Crippen LogP contribution in [0.4, 0.5) is 5.69 Å². The van der Waals surface area contributed by atoms with Crippen LogP contribution in [-0.4, -0.2) is 14.9 Å². The predicted octanol–water partition coefficient (Wildman–Crippen LogP) is 2.11. The van der Waals surface area contributed by atoms with Crippen LogP contribution in [0.3, 0.4) is 0 Å². The zero-order valence-corrected chi connectivity index (χ0v) is 10.2. The average Bonchev–Trinajstić information content (AvgIpc) is 2.15. The molecule has 0 radical (unpaired) electrons. The maximum Gasteiger partial charge on any atom is 0.218 e. The summed E-state index contributed by atoms with van der Waals surface area (Å²) in [6.07, 6.45) is 1.07. The van der Waals surface area contributed by atoms with Crippen molar-refractivity contribution < 1.29 is 4.43 Å². The molecular formula is C11H19NOSi. The van der Waals surface area contributed by atoms with E-state index in [-0.39, 0.29) is 0 Å². The van der Waals surface area contributed by atoms with Crippen molar-refractivity contribution >= 4 is 19.2 Å². The number of benzene rings is 1. The molecule has 0 heterocycles. The van der Waals surface area contributed by atoms with E-state index >= 15 is 0 Å². The molecule has 0 unspecified atom stereocenters. The molecule has 2 N–H and O–H groups in total. The number of hydrogen-bond donors (Lipinski definition) is 1. The average molecular weight is 209 g/mol. The zero-order valence-electron chi connectivity index (χ0n) is 9.21. The molecule has 2 nitrogen and oxygen atoms in total. The first-order chi connectivity index (χ1) is 6.56. The van der Waals surface area contributed by atoms with Gasteiger partial charge in [-0.2, -0.15) is 0 Å². The Balaban J connectivity index is 2.80. The lowest BCUT2D eigenvalue weighted by molar-refractivity contribution is 0.315. The van der Waals surface area contributed by atoms with Crippen LogP contribution in [-0.2, 0) is 4.43 Å². The van der Waals surface area contributed by atoms with E-state index in [0.717, 1.165) is 18.7 Å². The first kappa shape index (κ1) is 11.3. The normalized spacial score (nSPS) is 11.6. The summed E-state index contributed by atoms with van der Waals surface area (Å²) < 4.78 is 5.90. The van der Waals surface area contributed by atoms with Crippen LogP contribution in [0.25, 0.3) is 0 Å². The highest BCUT2D eigenvalue weighted by molar-refractivity contribution is 6.84. The molecule has 0 saturated carbocycles. The Morgan fingerprint density at radius 1 is 1.36 bits per heavy atom. The summed E-state index contributed by atoms with van der Waals surface area (Å²) in [5, 5.41) is 1.27. The van der Waals surface area contributed by atoms with Crippen molar-refractivity contribution in [2.45, 2.75) is 26.4 Å². The molecule has 0 aliphatic carbocycles. The molecule has 0 atom stereocenters. The molecule has 1 aromatic carbocycles. The van der Waals surface area contributed by atoms with E-state index in [1.807, 2.05) is 18.2 Å². The van der Waals surface area contributed by atoms with Gasteiger partial charge in [-0.3, -0.25) is 0 Å². The van der Waals surface area contributed by atoms with Crippen LogP contribution in [0.5, 0.6) is 0 Å². The van der Waals surface area contributed by atoms with Crippen molar-refractivity contribution in [3.63, 3.8) is 0 Å². The topological polar surface area (TPSA) is 35.2 Å². The van der Waals surface area contributed by atoms with Crippen molar-refractivity contribution in [1.29, 1.82) is 0 Å². The fourth-order valence-electron chi connectivity index (χ4n) is 1.35. The summed E-state index contributed by atoms with van der Waals surface area (Å²) in [5.74, 6) is 0. The molecule has 14 heavy (non-hydrogen) atoms. The highest BCUT2D eigenvalue weighted by Gasteiger charge is 2.24. The van der Waals surface area contributed by atoms with Crippen molar-refractivity contribution in [2.75, 3.05) is 12.3 Å². The first-order valence-corrected chi connectivity index (χ1v) is 7.97. The van der Waals surface area contributed by atoms with Gasteiger partial charge in [0.1, 0.15) is 0 Å². The molecule has 0 aliphatic rings. The van der Waals surface area contributed by atoms with E-state index in [9.17, 15) is 0 Å². The van der Waals surface area contributed by atoms with Crippen LogP contribution >= 0.6 is 0 Å². The number of nitrogen functional groups attached to an aromatic ring is 1. The SMILES string of the molecule is CCCO[Si](C)(C)c1cccc(N)c1. The Labute approximate surface area is 87.2 Å². The van der Waals surface area contributed by atoms with E-state index in [0.29, 0.717) is 0 Å². The fraction of sp³-hybridized carbons (Fsp3) is 0.455. The molecule has 1 aromatic rings. The quantitative estimate of drug-likeness (QED) is 0.609. The maximum absolute atomic E-state index is 5.90. The van der Waals surface area contributed by atoms with Gasteiger partial charge in [-0.15, -0.1) is 0 Å². The summed E-state index contributed by atoms with van der Waals surface area (Å²) in [4.78, 5) is 0. The zero-order chi connectivity index (χ0) is 10.6. The number of nitrogens with two attached hydrogens (primary N) is 1. The fourth-order valence-corrected chi connectivity index (χ4v) is 3.25. The lowest BCUT2D eigenvalue weighted by Crippen LogP contribution is -2.44. The van der Waals surface area contributed by atoms with Gasteiger partial charge in [0.2, 0.25) is 8.32 Å². The van der Waals surface area contributed by atoms with Gasteiger partial charge in [-0.05, 0) is 36.8 Å². The van der Waals surface area contributed by atoms with Crippen LogP contribution in [0.1, 0.15) is 13.3 Å². The predicted molar refractivity (Wildman–Crippen MR) is 64.2 cm³/mol. The van der Waals surface area contributed by atoms with Gasteiger partial charge in [-0.25, -0.2) is 0 Å². The molecule has 0 aliphatic heterocycles. The van der Waals surface area contributed by atoms with Crippen LogP contribution < -0.4 is 10.9 Å². The van der Waals surface area contributed by atoms with Crippen LogP contribution in [0, 0.1) is 0 Å². The van der Waals surface area contributed by atoms with Gasteiger partial charge < -0.3 is 10.2 Å². The summed E-state index contributed by atoms with van der Waals surface area (Å²) in [6.45, 7) is 7.38. The summed E-state index contributed by atoms with van der Waals surface area (Å²) >= 11 is 0. The van der Waals surface area contributed by atoms with E-state index in [2.05, 4.69) is 26.1 Å². The highest BCUT2D eigenvalue weighted by Crippen LogP contribution is 2.08. The highest BCUT2D eigenvalue weighted by atomic mass is 28.4. The largest absolute Gasteiger partial charge is 0.413 e. The Bertz CT molecular complexity index is 299. The number of hydrogen-bond acceptors (Lipinski definition) is 2. The number of anilines is 1. The van der Waals surface area contributed by atoms with Crippen molar-refractivity contribution in [2.24, 2.45) is 0 Å². The van der Waals surface area contributed by atoms with Crippen LogP contribution in [0.2, 0.25) is 13.1 Å². The second kappa shape index (κ2) is 4.62. The van der Waals surface area contributed by atoms with Gasteiger partial charge in [0, 0.05) is 12.3 Å². The lowest BCUT2D eigenvalue weighted by Gasteiger charge is -2.23. The van der Waals surface area contributed by atoms with Crippen molar-refractivity contribution in [1.82, 2.24) is 0 Å². The van der Waals surface area contributed by atoms with Gasteiger partial charge in [0.15, 0.2) is 0 Å². The molecule has 1 rings (SSSR count). The Hall–Kier alpha value is -0.803. The summed E-state index contributed by atoms with van der Waals surface area (Å²) in [5.41, 5.74) is 6.57. The van der Waals surface area contributed by atoms with Crippen molar-refractivity contribution in [3.05, 3.63) is 24.3 Å². The minimum absolute atomic E-state index is 0.822. The molecule has 0 amide bonds. The molecule has 0 aromatic heterocycles. The second-order valence-corrected chi connectivity index (χ2v) is 7.87. The minimum Gasteiger partial charge on any atom is -0.413 e. The standard InChI is InChI=1S/C11H19NOSi/c1-4-8-13-14(2,3)11-7-5-6-10(12)9-11/h5-7,9H,4,8,12H2,1-3H3. The first-order valence-electron chi connectivity index (χ1n) is 5.06. The lowest BCUT2D eigenvalue weighted by atomic mass is 10.3. The Morgan fingerprint density at radius 2 is 2.07 bits per heavy atom. The van der Waals surface area contributed by atoms with Gasteiger partial charge >= 0.3 is 0 Å². The molecule has 78 valence electrons. The second-order valence-electron chi connectivity index (χ2n) is 3.98. The minimum atomic E-state index is -1.71. The van der Waals surface area contributed by atoms with E-state index < -0.39 is 8.32 Å². The van der Waals surface area contributed by atoms with Gasteiger partial charge in [0.25, 0.3) is 0 Å². The monoisotopic (exact) mass is 209 g/mol. The Kier molecular flexibility index (Phi) is 3.72. The molecule has 0 bridgehead atoms. The Morgan fingerprint density at radius 3 is 2.64 bits per heavy atom. The van der Waals surface area contributed by atoms with E-state index in [4.69, 9.17) is 10.2 Å². The third kappa shape index (κ3) is 2.85. The van der Waals surface area contributed by atoms with Gasteiger partial charge in [-0.1, -0.05) is 19.1 Å². The van der Waals surface area contributed by atoms with Crippen molar-refractivity contribution in [3.8, 4) is 0 Å². The third-order valence-corrected chi connectivity index (χ3v) is 4.88. The summed E-state index contributed by atoms with van der Waals surface area (Å²) in [7, 11) is -1.71. The third-order valence-electron chi connectivity index (χ3n) is 2.25. The molecule has 0 spiro atoms. The smallest absolute Gasteiger partial charge is 0.218 e. The molecule has 0 fully saturated rings.